The van der Waals surface area contributed by atoms with Crippen LogP contribution in [0.5, 0.6) is 5.75 Å². The zero-order valence-electron chi connectivity index (χ0n) is 21.0. The van der Waals surface area contributed by atoms with Gasteiger partial charge in [0.2, 0.25) is 11.8 Å². The second kappa shape index (κ2) is 12.8. The summed E-state index contributed by atoms with van der Waals surface area (Å²) in [6.07, 6.45) is 2.46. The minimum absolute atomic E-state index is 0.0403. The summed E-state index contributed by atoms with van der Waals surface area (Å²) < 4.78 is 33.2. The second-order valence-electron chi connectivity index (χ2n) is 9.15. The SMILES string of the molecule is CCCCN1CC(C(=O)N[C@@H](Cc2cc(F)cc(F)c2)[C@H](O)c2cc(OCC)ccn2)C(CC)C1=O. The van der Waals surface area contributed by atoms with E-state index in [0.717, 1.165) is 18.9 Å². The molecule has 1 saturated heterocycles. The van der Waals surface area contributed by atoms with Gasteiger partial charge in [-0.15, -0.1) is 0 Å². The molecule has 1 fully saturated rings. The summed E-state index contributed by atoms with van der Waals surface area (Å²) in [5.74, 6) is -2.45. The molecular weight excluding hydrogens is 468 g/mol. The number of aliphatic hydroxyl groups is 1. The molecule has 0 bridgehead atoms. The summed E-state index contributed by atoms with van der Waals surface area (Å²) in [6, 6.07) is 5.37. The number of aliphatic hydroxyl groups excluding tert-OH is 1. The molecule has 9 heteroatoms. The highest BCUT2D eigenvalue weighted by Gasteiger charge is 2.43. The normalized spacial score (nSPS) is 19.3. The summed E-state index contributed by atoms with van der Waals surface area (Å²) in [6.45, 7) is 7.06. The quantitative estimate of drug-likeness (QED) is 0.460. The van der Waals surface area contributed by atoms with Gasteiger partial charge in [0.15, 0.2) is 0 Å². The minimum atomic E-state index is -1.28. The first kappa shape index (κ1) is 27.5. The molecule has 0 radical (unpaired) electrons. The van der Waals surface area contributed by atoms with Crippen LogP contribution in [-0.2, 0) is 16.0 Å². The molecule has 1 aliphatic heterocycles. The van der Waals surface area contributed by atoms with E-state index in [1.54, 1.807) is 17.0 Å². The number of halogens is 2. The number of carbonyl (C=O) groups excluding carboxylic acids is 2. The topological polar surface area (TPSA) is 91.8 Å². The predicted molar refractivity (Wildman–Crippen MR) is 131 cm³/mol. The molecule has 2 N–H and O–H groups in total. The van der Waals surface area contributed by atoms with E-state index < -0.39 is 35.6 Å². The first-order chi connectivity index (χ1) is 17.3. The Bertz CT molecular complexity index is 1030. The largest absolute Gasteiger partial charge is 0.494 e. The van der Waals surface area contributed by atoms with E-state index in [4.69, 9.17) is 4.74 Å². The first-order valence-electron chi connectivity index (χ1n) is 12.6. The molecule has 2 aromatic rings. The van der Waals surface area contributed by atoms with E-state index in [2.05, 4.69) is 10.3 Å². The molecule has 4 atom stereocenters. The van der Waals surface area contributed by atoms with Crippen molar-refractivity contribution in [3.63, 3.8) is 0 Å². The molecule has 2 amide bonds. The third kappa shape index (κ3) is 6.78. The maximum atomic E-state index is 13.9. The van der Waals surface area contributed by atoms with Gasteiger partial charge in [0.25, 0.3) is 0 Å². The van der Waals surface area contributed by atoms with E-state index in [-0.39, 0.29) is 29.5 Å². The van der Waals surface area contributed by atoms with Crippen molar-refractivity contribution in [2.45, 2.75) is 58.6 Å². The van der Waals surface area contributed by atoms with Crippen molar-refractivity contribution >= 4 is 11.8 Å². The highest BCUT2D eigenvalue weighted by molar-refractivity contribution is 5.91. The van der Waals surface area contributed by atoms with E-state index in [1.165, 1.54) is 18.3 Å². The molecular formula is C27H35F2N3O4. The van der Waals surface area contributed by atoms with Gasteiger partial charge < -0.3 is 20.1 Å². The lowest BCUT2D eigenvalue weighted by Gasteiger charge is -2.26. The van der Waals surface area contributed by atoms with Crippen LogP contribution in [0.1, 0.15) is 57.4 Å². The van der Waals surface area contributed by atoms with Crippen LogP contribution in [-0.4, -0.2) is 52.5 Å². The summed E-state index contributed by atoms with van der Waals surface area (Å²) in [5.41, 5.74) is 0.527. The fourth-order valence-electron chi connectivity index (χ4n) is 4.70. The Kier molecular flexibility index (Phi) is 9.75. The first-order valence-corrected chi connectivity index (χ1v) is 12.6. The third-order valence-corrected chi connectivity index (χ3v) is 6.54. The average molecular weight is 504 g/mol. The number of nitrogens with zero attached hydrogens (tertiary/aromatic N) is 2. The Labute approximate surface area is 210 Å². The predicted octanol–water partition coefficient (Wildman–Crippen LogP) is 3.80. The molecule has 2 heterocycles. The lowest BCUT2D eigenvalue weighted by molar-refractivity contribution is -0.133. The van der Waals surface area contributed by atoms with Crippen LogP contribution in [0.2, 0.25) is 0 Å². The zero-order chi connectivity index (χ0) is 26.2. The van der Waals surface area contributed by atoms with Gasteiger partial charge in [-0.2, -0.15) is 0 Å². The third-order valence-electron chi connectivity index (χ3n) is 6.54. The van der Waals surface area contributed by atoms with Gasteiger partial charge in [0, 0.05) is 31.4 Å². The number of hydrogen-bond acceptors (Lipinski definition) is 5. The smallest absolute Gasteiger partial charge is 0.226 e. The summed E-state index contributed by atoms with van der Waals surface area (Å²) in [5, 5.41) is 14.1. The highest BCUT2D eigenvalue weighted by Crippen LogP contribution is 2.29. The Morgan fingerprint density at radius 1 is 1.22 bits per heavy atom. The van der Waals surface area contributed by atoms with Crippen molar-refractivity contribution in [3.05, 3.63) is 59.4 Å². The molecule has 1 aromatic carbocycles. The van der Waals surface area contributed by atoms with Gasteiger partial charge in [-0.05, 0) is 49.9 Å². The number of carbonyl (C=O) groups is 2. The minimum Gasteiger partial charge on any atom is -0.494 e. The van der Waals surface area contributed by atoms with Crippen LogP contribution < -0.4 is 10.1 Å². The number of nitrogens with one attached hydrogen (secondary N) is 1. The number of likely N-dealkylation sites (tertiary alicyclic amines) is 1. The number of benzene rings is 1. The summed E-state index contributed by atoms with van der Waals surface area (Å²) in [7, 11) is 0. The van der Waals surface area contributed by atoms with Gasteiger partial charge in [0.1, 0.15) is 23.5 Å². The molecule has 3 rings (SSSR count). The second-order valence-corrected chi connectivity index (χ2v) is 9.15. The number of hydrogen-bond donors (Lipinski definition) is 2. The monoisotopic (exact) mass is 503 g/mol. The van der Waals surface area contributed by atoms with Crippen molar-refractivity contribution in [1.29, 1.82) is 0 Å². The average Bonchev–Trinajstić information content (AvgIpc) is 3.16. The molecule has 2 unspecified atom stereocenters. The van der Waals surface area contributed by atoms with Crippen LogP contribution in [0.3, 0.4) is 0 Å². The molecule has 36 heavy (non-hydrogen) atoms. The molecule has 0 spiro atoms. The molecule has 7 nitrogen and oxygen atoms in total. The fourth-order valence-corrected chi connectivity index (χ4v) is 4.70. The standard InChI is InChI=1S/C27H35F2N3O4/c1-4-7-10-32-16-22(21(5-2)27(32)35)26(34)31-24(13-17-11-18(28)14-19(29)12-17)25(33)23-15-20(36-6-3)8-9-30-23/h8-9,11-12,14-15,21-22,24-25,33H,4-7,10,13,16H2,1-3H3,(H,31,34)/t21?,22?,24-,25+/m0/s1. The summed E-state index contributed by atoms with van der Waals surface area (Å²) in [4.78, 5) is 32.2. The van der Waals surface area contributed by atoms with E-state index in [0.29, 0.717) is 31.9 Å². The van der Waals surface area contributed by atoms with Crippen LogP contribution in [0.25, 0.3) is 0 Å². The van der Waals surface area contributed by atoms with Gasteiger partial charge in [0.05, 0.1) is 30.2 Å². The number of amides is 2. The lowest BCUT2D eigenvalue weighted by atomic mass is 9.91. The van der Waals surface area contributed by atoms with Gasteiger partial charge in [-0.25, -0.2) is 8.78 Å². The molecule has 196 valence electrons. The number of unbranched alkanes of at least 4 members (excludes halogenated alkanes) is 1. The molecule has 0 aliphatic carbocycles. The van der Waals surface area contributed by atoms with Gasteiger partial charge in [-0.1, -0.05) is 20.3 Å². The Hall–Kier alpha value is -3.07. The van der Waals surface area contributed by atoms with Crippen LogP contribution >= 0.6 is 0 Å². The molecule has 1 aromatic heterocycles. The number of pyridine rings is 1. The van der Waals surface area contributed by atoms with Crippen molar-refractivity contribution in [2.24, 2.45) is 11.8 Å². The number of ether oxygens (including phenoxy) is 1. The maximum absolute atomic E-state index is 13.9. The number of rotatable bonds is 12. The summed E-state index contributed by atoms with van der Waals surface area (Å²) >= 11 is 0. The van der Waals surface area contributed by atoms with Crippen molar-refractivity contribution in [3.8, 4) is 5.75 Å². The van der Waals surface area contributed by atoms with Gasteiger partial charge in [-0.3, -0.25) is 14.6 Å². The van der Waals surface area contributed by atoms with Crippen LogP contribution in [0, 0.1) is 23.5 Å². The van der Waals surface area contributed by atoms with Gasteiger partial charge >= 0.3 is 0 Å². The maximum Gasteiger partial charge on any atom is 0.226 e. The van der Waals surface area contributed by atoms with Crippen LogP contribution in [0.15, 0.2) is 36.5 Å². The van der Waals surface area contributed by atoms with E-state index >= 15 is 0 Å². The van der Waals surface area contributed by atoms with Crippen LogP contribution in [0.4, 0.5) is 8.78 Å². The van der Waals surface area contributed by atoms with Crippen molar-refractivity contribution in [1.82, 2.24) is 15.2 Å². The number of aromatic nitrogens is 1. The highest BCUT2D eigenvalue weighted by atomic mass is 19.1. The molecule has 1 aliphatic rings. The van der Waals surface area contributed by atoms with E-state index in [1.807, 2.05) is 20.8 Å². The Morgan fingerprint density at radius 2 is 1.94 bits per heavy atom. The Balaban J connectivity index is 1.86. The van der Waals surface area contributed by atoms with Crippen molar-refractivity contribution < 1.29 is 28.2 Å². The Morgan fingerprint density at radius 3 is 2.58 bits per heavy atom. The van der Waals surface area contributed by atoms with E-state index in [9.17, 15) is 23.5 Å². The van der Waals surface area contributed by atoms with Crippen molar-refractivity contribution in [2.75, 3.05) is 19.7 Å². The zero-order valence-corrected chi connectivity index (χ0v) is 21.0. The molecule has 0 saturated carbocycles. The lowest BCUT2D eigenvalue weighted by Crippen LogP contribution is -2.45. The fraction of sp³-hybridized carbons (Fsp3) is 0.519.